The average Bonchev–Trinajstić information content (AvgIpc) is 2.70. The topological polar surface area (TPSA) is 49.3 Å². The molecule has 2 aromatic carbocycles. The van der Waals surface area contributed by atoms with Crippen LogP contribution in [0.3, 0.4) is 0 Å². The summed E-state index contributed by atoms with van der Waals surface area (Å²) in [6.45, 7) is 1.55. The van der Waals surface area contributed by atoms with Gasteiger partial charge in [0.05, 0.1) is 12.2 Å². The molecule has 1 aliphatic rings. The molecule has 1 aromatic heterocycles. The summed E-state index contributed by atoms with van der Waals surface area (Å²) in [6.07, 6.45) is 5.62. The van der Waals surface area contributed by atoms with Gasteiger partial charge in [0.1, 0.15) is 0 Å². The van der Waals surface area contributed by atoms with E-state index in [-0.39, 0.29) is 29.4 Å². The van der Waals surface area contributed by atoms with Crippen LogP contribution >= 0.6 is 24.0 Å². The van der Waals surface area contributed by atoms with Gasteiger partial charge in [-0.1, -0.05) is 61.0 Å². The summed E-state index contributed by atoms with van der Waals surface area (Å²) in [5.41, 5.74) is 2.70. The number of pyridine rings is 1. The Hall–Kier alpha value is -2.15. The maximum absolute atomic E-state index is 4.55. The van der Waals surface area contributed by atoms with E-state index in [1.165, 1.54) is 35.6 Å². The number of guanidine groups is 1. The molecule has 0 unspecified atom stereocenters. The quantitative estimate of drug-likeness (QED) is 0.314. The Kier molecular flexibility index (Phi) is 6.88. The molecule has 5 heteroatoms. The van der Waals surface area contributed by atoms with Crippen LogP contribution in [0.2, 0.25) is 0 Å². The highest BCUT2D eigenvalue weighted by Gasteiger charge is 2.38. The number of halogens is 1. The van der Waals surface area contributed by atoms with Gasteiger partial charge >= 0.3 is 0 Å². The van der Waals surface area contributed by atoms with Crippen LogP contribution in [0.5, 0.6) is 0 Å². The standard InChI is InChI=1S/C23H26N4.HI/c1-24-22(26-16-21-20-11-6-5-8-18(20)12-15-25-21)27-17-23(13-7-14-23)19-9-3-2-4-10-19;/h2-6,8-12,15H,7,13-14,16-17H2,1H3,(H2,24,26,27);1H. The average molecular weight is 486 g/mol. The molecule has 4 nitrogen and oxygen atoms in total. The smallest absolute Gasteiger partial charge is 0.191 e. The number of hydrogen-bond donors (Lipinski definition) is 2. The Labute approximate surface area is 183 Å². The molecule has 0 amide bonds. The summed E-state index contributed by atoms with van der Waals surface area (Å²) >= 11 is 0. The summed E-state index contributed by atoms with van der Waals surface area (Å²) in [5.74, 6) is 0.826. The Balaban J connectivity index is 0.00000225. The first-order chi connectivity index (χ1) is 13.3. The molecule has 0 atom stereocenters. The lowest BCUT2D eigenvalue weighted by molar-refractivity contribution is 0.244. The summed E-state index contributed by atoms with van der Waals surface area (Å²) < 4.78 is 0. The fourth-order valence-electron chi connectivity index (χ4n) is 3.93. The molecule has 0 spiro atoms. The van der Waals surface area contributed by atoms with Crippen molar-refractivity contribution >= 4 is 40.7 Å². The van der Waals surface area contributed by atoms with Crippen molar-refractivity contribution in [1.82, 2.24) is 15.6 Å². The fraction of sp³-hybridized carbons (Fsp3) is 0.304. The van der Waals surface area contributed by atoms with Crippen molar-refractivity contribution in [2.24, 2.45) is 4.99 Å². The maximum atomic E-state index is 4.55. The van der Waals surface area contributed by atoms with Gasteiger partial charge < -0.3 is 10.6 Å². The lowest BCUT2D eigenvalue weighted by atomic mass is 9.64. The number of fused-ring (bicyclic) bond motifs is 1. The minimum Gasteiger partial charge on any atom is -0.356 e. The van der Waals surface area contributed by atoms with Crippen molar-refractivity contribution in [1.29, 1.82) is 0 Å². The first kappa shape index (κ1) is 20.6. The normalized spacial score (nSPS) is 15.4. The van der Waals surface area contributed by atoms with E-state index in [2.05, 4.69) is 75.2 Å². The van der Waals surface area contributed by atoms with Gasteiger partial charge in [0.25, 0.3) is 0 Å². The zero-order valence-electron chi connectivity index (χ0n) is 16.2. The van der Waals surface area contributed by atoms with Crippen molar-refractivity contribution in [2.45, 2.75) is 31.2 Å². The molecule has 0 bridgehead atoms. The fourth-order valence-corrected chi connectivity index (χ4v) is 3.93. The van der Waals surface area contributed by atoms with Crippen LogP contribution in [-0.2, 0) is 12.0 Å². The van der Waals surface area contributed by atoms with Crippen LogP contribution in [0, 0.1) is 0 Å². The predicted molar refractivity (Wildman–Crippen MR) is 127 cm³/mol. The number of nitrogens with zero attached hydrogens (tertiary/aromatic N) is 2. The highest BCUT2D eigenvalue weighted by Crippen LogP contribution is 2.43. The van der Waals surface area contributed by atoms with Crippen LogP contribution in [0.15, 0.2) is 71.9 Å². The van der Waals surface area contributed by atoms with Crippen LogP contribution in [-0.4, -0.2) is 24.5 Å². The number of hydrogen-bond acceptors (Lipinski definition) is 2. The maximum Gasteiger partial charge on any atom is 0.191 e. The van der Waals surface area contributed by atoms with Gasteiger partial charge in [0.2, 0.25) is 0 Å². The molecule has 1 fully saturated rings. The molecule has 1 aliphatic carbocycles. The largest absolute Gasteiger partial charge is 0.356 e. The highest BCUT2D eigenvalue weighted by atomic mass is 127. The van der Waals surface area contributed by atoms with Crippen LogP contribution < -0.4 is 10.6 Å². The SMILES string of the molecule is CN=C(NCc1nccc2ccccc12)NCC1(c2ccccc2)CCC1.I. The van der Waals surface area contributed by atoms with Crippen LogP contribution in [0.25, 0.3) is 10.8 Å². The lowest BCUT2D eigenvalue weighted by Gasteiger charge is -2.43. The van der Waals surface area contributed by atoms with Crippen molar-refractivity contribution in [3.05, 3.63) is 78.1 Å². The van der Waals surface area contributed by atoms with E-state index < -0.39 is 0 Å². The monoisotopic (exact) mass is 486 g/mol. The van der Waals surface area contributed by atoms with Crippen molar-refractivity contribution in [2.75, 3.05) is 13.6 Å². The van der Waals surface area contributed by atoms with E-state index >= 15 is 0 Å². The second kappa shape index (κ2) is 9.37. The van der Waals surface area contributed by atoms with Gasteiger partial charge in [0.15, 0.2) is 5.96 Å². The summed E-state index contributed by atoms with van der Waals surface area (Å²) in [5, 5.41) is 9.36. The molecule has 146 valence electrons. The molecular weight excluding hydrogens is 459 g/mol. The third kappa shape index (κ3) is 4.29. The van der Waals surface area contributed by atoms with E-state index in [0.29, 0.717) is 6.54 Å². The van der Waals surface area contributed by atoms with Gasteiger partial charge in [-0.05, 0) is 29.9 Å². The van der Waals surface area contributed by atoms with Crippen molar-refractivity contribution < 1.29 is 0 Å². The highest BCUT2D eigenvalue weighted by molar-refractivity contribution is 14.0. The molecule has 1 heterocycles. The van der Waals surface area contributed by atoms with Crippen LogP contribution in [0.1, 0.15) is 30.5 Å². The second-order valence-electron chi connectivity index (χ2n) is 7.26. The molecule has 1 saturated carbocycles. The number of benzene rings is 2. The van der Waals surface area contributed by atoms with Crippen molar-refractivity contribution in [3.63, 3.8) is 0 Å². The van der Waals surface area contributed by atoms with Crippen molar-refractivity contribution in [3.8, 4) is 0 Å². The number of aliphatic imine (C=N–C) groups is 1. The molecule has 2 N–H and O–H groups in total. The first-order valence-electron chi connectivity index (χ1n) is 9.63. The molecular formula is C23H27IN4. The van der Waals surface area contributed by atoms with E-state index in [1.807, 2.05) is 19.3 Å². The molecule has 4 rings (SSSR count). The van der Waals surface area contributed by atoms with E-state index in [9.17, 15) is 0 Å². The van der Waals surface area contributed by atoms with E-state index in [1.54, 1.807) is 0 Å². The van der Waals surface area contributed by atoms with Gasteiger partial charge in [-0.15, -0.1) is 24.0 Å². The van der Waals surface area contributed by atoms with E-state index in [4.69, 9.17) is 0 Å². The Morgan fingerprint density at radius 3 is 2.46 bits per heavy atom. The lowest BCUT2D eigenvalue weighted by Crippen LogP contribution is -2.48. The molecule has 28 heavy (non-hydrogen) atoms. The Morgan fingerprint density at radius 1 is 1.00 bits per heavy atom. The first-order valence-corrected chi connectivity index (χ1v) is 9.63. The van der Waals surface area contributed by atoms with Gasteiger partial charge in [-0.3, -0.25) is 9.98 Å². The number of nitrogens with one attached hydrogen (secondary N) is 2. The third-order valence-electron chi connectivity index (χ3n) is 5.69. The molecule has 0 radical (unpaired) electrons. The number of rotatable bonds is 5. The number of aromatic nitrogens is 1. The zero-order valence-corrected chi connectivity index (χ0v) is 18.5. The summed E-state index contributed by atoms with van der Waals surface area (Å²) in [7, 11) is 1.82. The van der Waals surface area contributed by atoms with Gasteiger partial charge in [-0.25, -0.2) is 0 Å². The Bertz CT molecular complexity index is 930. The zero-order chi connectivity index (χ0) is 18.5. The Morgan fingerprint density at radius 2 is 1.75 bits per heavy atom. The summed E-state index contributed by atoms with van der Waals surface area (Å²) in [6, 6.07) is 21.2. The minimum absolute atomic E-state index is 0. The molecule has 3 aromatic rings. The van der Waals surface area contributed by atoms with E-state index in [0.717, 1.165) is 18.2 Å². The summed E-state index contributed by atoms with van der Waals surface area (Å²) in [4.78, 5) is 8.96. The molecule has 0 saturated heterocycles. The van der Waals surface area contributed by atoms with Gasteiger partial charge in [-0.2, -0.15) is 0 Å². The molecule has 0 aliphatic heterocycles. The second-order valence-corrected chi connectivity index (χ2v) is 7.26. The predicted octanol–water partition coefficient (Wildman–Crippen LogP) is 4.64. The third-order valence-corrected chi connectivity index (χ3v) is 5.69. The minimum atomic E-state index is 0. The van der Waals surface area contributed by atoms with Crippen LogP contribution in [0.4, 0.5) is 0 Å². The van der Waals surface area contributed by atoms with Gasteiger partial charge in [0, 0.05) is 30.6 Å².